The molecule has 4 heteroatoms. The Labute approximate surface area is 155 Å². The van der Waals surface area contributed by atoms with Gasteiger partial charge in [-0.15, -0.1) is 0 Å². The number of piperidine rings is 1. The molecule has 1 fully saturated rings. The van der Waals surface area contributed by atoms with Crippen molar-refractivity contribution in [1.29, 1.82) is 5.26 Å². The molecule has 3 rings (SSSR count). The third-order valence-electron chi connectivity index (χ3n) is 5.14. The largest absolute Gasteiger partial charge is 0.469 e. The Balaban J connectivity index is 1.50. The molecule has 0 unspecified atom stereocenters. The molecular formula is C22H24N2O2. The lowest BCUT2D eigenvalue weighted by Gasteiger charge is -2.30. The van der Waals surface area contributed by atoms with E-state index in [1.807, 2.05) is 24.3 Å². The first-order chi connectivity index (χ1) is 12.7. The molecule has 0 aromatic heterocycles. The van der Waals surface area contributed by atoms with Crippen LogP contribution < -0.4 is 0 Å². The summed E-state index contributed by atoms with van der Waals surface area (Å²) in [4.78, 5) is 14.0. The third kappa shape index (κ3) is 4.50. The molecule has 0 N–H and O–H groups in total. The molecule has 1 saturated heterocycles. The molecule has 0 atom stereocenters. The van der Waals surface area contributed by atoms with Crippen LogP contribution in [0.3, 0.4) is 0 Å². The van der Waals surface area contributed by atoms with Crippen LogP contribution in [0.4, 0.5) is 0 Å². The second-order valence-corrected chi connectivity index (χ2v) is 6.78. The van der Waals surface area contributed by atoms with Crippen LogP contribution in [0.2, 0.25) is 0 Å². The van der Waals surface area contributed by atoms with E-state index in [-0.39, 0.29) is 11.9 Å². The standard InChI is InChI=1S/C22H24N2O2/c1-26-22(25)21-11-14-24(15-12-21)13-10-17-2-6-19(7-3-17)20-8-4-18(16-23)5-9-20/h2-9,21H,10-15H2,1H3. The number of hydrogen-bond acceptors (Lipinski definition) is 4. The number of methoxy groups -OCH3 is 1. The van der Waals surface area contributed by atoms with E-state index < -0.39 is 0 Å². The Kier molecular flexibility index (Phi) is 6.04. The zero-order valence-corrected chi connectivity index (χ0v) is 15.1. The van der Waals surface area contributed by atoms with Crippen molar-refractivity contribution in [2.24, 2.45) is 5.92 Å². The van der Waals surface area contributed by atoms with E-state index in [1.165, 1.54) is 12.7 Å². The average molecular weight is 348 g/mol. The fourth-order valence-corrected chi connectivity index (χ4v) is 3.45. The van der Waals surface area contributed by atoms with Crippen LogP contribution in [0, 0.1) is 17.2 Å². The van der Waals surface area contributed by atoms with Crippen LogP contribution in [-0.2, 0) is 16.0 Å². The third-order valence-corrected chi connectivity index (χ3v) is 5.14. The van der Waals surface area contributed by atoms with E-state index in [2.05, 4.69) is 35.2 Å². The van der Waals surface area contributed by atoms with E-state index in [0.29, 0.717) is 5.56 Å². The van der Waals surface area contributed by atoms with Crippen LogP contribution >= 0.6 is 0 Å². The van der Waals surface area contributed by atoms with Gasteiger partial charge in [0.2, 0.25) is 0 Å². The van der Waals surface area contributed by atoms with Gasteiger partial charge in [-0.25, -0.2) is 0 Å². The number of hydrogen-bond donors (Lipinski definition) is 0. The first-order valence-corrected chi connectivity index (χ1v) is 9.09. The zero-order valence-electron chi connectivity index (χ0n) is 15.1. The molecule has 0 saturated carbocycles. The highest BCUT2D eigenvalue weighted by molar-refractivity contribution is 5.72. The minimum Gasteiger partial charge on any atom is -0.469 e. The number of ether oxygens (including phenoxy) is 1. The number of nitriles is 1. The van der Waals surface area contributed by atoms with Crippen molar-refractivity contribution in [1.82, 2.24) is 4.90 Å². The maximum atomic E-state index is 11.6. The number of benzene rings is 2. The number of esters is 1. The summed E-state index contributed by atoms with van der Waals surface area (Å²) in [5, 5.41) is 8.88. The molecule has 0 radical (unpaired) electrons. The Bertz CT molecular complexity index is 767. The van der Waals surface area contributed by atoms with Crippen molar-refractivity contribution in [2.75, 3.05) is 26.7 Å². The maximum Gasteiger partial charge on any atom is 0.308 e. The molecule has 0 aliphatic carbocycles. The second kappa shape index (κ2) is 8.64. The van der Waals surface area contributed by atoms with Crippen LogP contribution in [-0.4, -0.2) is 37.6 Å². The van der Waals surface area contributed by atoms with Crippen molar-refractivity contribution in [3.8, 4) is 17.2 Å². The van der Waals surface area contributed by atoms with Crippen molar-refractivity contribution in [3.05, 3.63) is 59.7 Å². The minimum absolute atomic E-state index is 0.0666. The van der Waals surface area contributed by atoms with Crippen LogP contribution in [0.25, 0.3) is 11.1 Å². The van der Waals surface area contributed by atoms with Crippen molar-refractivity contribution >= 4 is 5.97 Å². The van der Waals surface area contributed by atoms with Gasteiger partial charge in [-0.05, 0) is 61.2 Å². The SMILES string of the molecule is COC(=O)C1CCN(CCc2ccc(-c3ccc(C#N)cc3)cc2)CC1. The van der Waals surface area contributed by atoms with Gasteiger partial charge in [0.1, 0.15) is 0 Å². The number of rotatable bonds is 5. The van der Waals surface area contributed by atoms with E-state index in [4.69, 9.17) is 10.00 Å². The van der Waals surface area contributed by atoms with Gasteiger partial charge in [0.15, 0.2) is 0 Å². The van der Waals surface area contributed by atoms with Gasteiger partial charge in [0, 0.05) is 6.54 Å². The van der Waals surface area contributed by atoms with Gasteiger partial charge in [0.05, 0.1) is 24.7 Å². The van der Waals surface area contributed by atoms with Gasteiger partial charge >= 0.3 is 5.97 Å². The maximum absolute atomic E-state index is 11.6. The summed E-state index contributed by atoms with van der Waals surface area (Å²) in [5.41, 5.74) is 4.29. The molecule has 1 heterocycles. The molecule has 2 aromatic carbocycles. The quantitative estimate of drug-likeness (QED) is 0.774. The van der Waals surface area contributed by atoms with Gasteiger partial charge in [-0.3, -0.25) is 4.79 Å². The Morgan fingerprint density at radius 3 is 2.19 bits per heavy atom. The highest BCUT2D eigenvalue weighted by atomic mass is 16.5. The minimum atomic E-state index is -0.0666. The van der Waals surface area contributed by atoms with Crippen LogP contribution in [0.5, 0.6) is 0 Å². The topological polar surface area (TPSA) is 53.3 Å². The van der Waals surface area contributed by atoms with Crippen molar-refractivity contribution in [2.45, 2.75) is 19.3 Å². The summed E-state index contributed by atoms with van der Waals surface area (Å²) in [5.74, 6) is 0.00555. The monoisotopic (exact) mass is 348 g/mol. The van der Waals surface area contributed by atoms with Gasteiger partial charge in [0.25, 0.3) is 0 Å². The molecule has 2 aromatic rings. The summed E-state index contributed by atoms with van der Waals surface area (Å²) in [6.07, 6.45) is 2.80. The van der Waals surface area contributed by atoms with Crippen LogP contribution in [0.1, 0.15) is 24.0 Å². The van der Waals surface area contributed by atoms with E-state index in [0.717, 1.165) is 50.0 Å². The molecule has 134 valence electrons. The highest BCUT2D eigenvalue weighted by Crippen LogP contribution is 2.21. The highest BCUT2D eigenvalue weighted by Gasteiger charge is 2.25. The second-order valence-electron chi connectivity index (χ2n) is 6.78. The number of carbonyl (C=O) groups excluding carboxylic acids is 1. The van der Waals surface area contributed by atoms with E-state index >= 15 is 0 Å². The van der Waals surface area contributed by atoms with Crippen LogP contribution in [0.15, 0.2) is 48.5 Å². The molecule has 26 heavy (non-hydrogen) atoms. The molecule has 0 spiro atoms. The summed E-state index contributed by atoms with van der Waals surface area (Å²) in [6, 6.07) is 18.4. The smallest absolute Gasteiger partial charge is 0.308 e. The summed E-state index contributed by atoms with van der Waals surface area (Å²) < 4.78 is 4.84. The summed E-state index contributed by atoms with van der Waals surface area (Å²) in [7, 11) is 1.47. The Morgan fingerprint density at radius 2 is 1.65 bits per heavy atom. The summed E-state index contributed by atoms with van der Waals surface area (Å²) >= 11 is 0. The Hall–Kier alpha value is -2.64. The first-order valence-electron chi connectivity index (χ1n) is 9.09. The number of likely N-dealkylation sites (tertiary alicyclic amines) is 1. The zero-order chi connectivity index (χ0) is 18.4. The van der Waals surface area contributed by atoms with E-state index in [9.17, 15) is 4.79 Å². The fourth-order valence-electron chi connectivity index (χ4n) is 3.45. The molecule has 4 nitrogen and oxygen atoms in total. The molecule has 0 bridgehead atoms. The predicted molar refractivity (Wildman–Crippen MR) is 101 cm³/mol. The predicted octanol–water partition coefficient (Wildman–Crippen LogP) is 3.65. The normalized spacial score (nSPS) is 15.4. The van der Waals surface area contributed by atoms with Gasteiger partial charge in [-0.1, -0.05) is 36.4 Å². The lowest BCUT2D eigenvalue weighted by molar-refractivity contribution is -0.147. The van der Waals surface area contributed by atoms with Crippen molar-refractivity contribution in [3.63, 3.8) is 0 Å². The first kappa shape index (κ1) is 18.2. The number of nitrogens with zero attached hydrogens (tertiary/aromatic N) is 2. The molecule has 1 aliphatic heterocycles. The van der Waals surface area contributed by atoms with Gasteiger partial charge < -0.3 is 9.64 Å². The molecule has 0 amide bonds. The Morgan fingerprint density at radius 1 is 1.08 bits per heavy atom. The lowest BCUT2D eigenvalue weighted by Crippen LogP contribution is -2.37. The van der Waals surface area contributed by atoms with Crippen molar-refractivity contribution < 1.29 is 9.53 Å². The van der Waals surface area contributed by atoms with Gasteiger partial charge in [-0.2, -0.15) is 5.26 Å². The fraction of sp³-hybridized carbons (Fsp3) is 0.364. The molecular weight excluding hydrogens is 324 g/mol. The van der Waals surface area contributed by atoms with E-state index in [1.54, 1.807) is 0 Å². The average Bonchev–Trinajstić information content (AvgIpc) is 2.72. The number of carbonyl (C=O) groups is 1. The lowest BCUT2D eigenvalue weighted by atomic mass is 9.96. The molecule has 1 aliphatic rings. The summed E-state index contributed by atoms with van der Waals surface area (Å²) in [6.45, 7) is 2.94.